The Balaban J connectivity index is 3.26. The largest absolute Gasteiger partial charge is 0.315 e. The van der Waals surface area contributed by atoms with E-state index in [1.54, 1.807) is 6.08 Å². The molecule has 1 rings (SSSR count). The third kappa shape index (κ3) is 3.00. The van der Waals surface area contributed by atoms with Crippen molar-refractivity contribution in [2.45, 2.75) is 25.3 Å². The highest BCUT2D eigenvalue weighted by atomic mass is 32.2. The average Bonchev–Trinajstić information content (AvgIpc) is 2.68. The molecule has 102 valence electrons. The first-order valence-corrected chi connectivity index (χ1v) is 8.13. The van der Waals surface area contributed by atoms with Crippen molar-refractivity contribution in [3.05, 3.63) is 28.5 Å². The van der Waals surface area contributed by atoms with Crippen LogP contribution in [0.2, 0.25) is 0 Å². The summed E-state index contributed by atoms with van der Waals surface area (Å²) >= 11 is 1.48. The van der Waals surface area contributed by atoms with Crippen molar-refractivity contribution in [3.63, 3.8) is 0 Å². The third-order valence-corrected chi connectivity index (χ3v) is 6.02. The number of hydrogen-bond acceptors (Lipinski definition) is 4. The Labute approximate surface area is 113 Å². The molecular weight excluding hydrogens is 268 g/mol. The topological polar surface area (TPSA) is 49.4 Å². The Hall–Kier alpha value is -0.690. The second-order valence-corrected chi connectivity index (χ2v) is 6.78. The molecular formula is C12H20N2O2S2. The summed E-state index contributed by atoms with van der Waals surface area (Å²) in [5.74, 6) is 0. The van der Waals surface area contributed by atoms with Gasteiger partial charge < -0.3 is 5.32 Å². The van der Waals surface area contributed by atoms with Crippen molar-refractivity contribution in [2.75, 3.05) is 20.1 Å². The van der Waals surface area contributed by atoms with Crippen LogP contribution in [0.1, 0.15) is 17.4 Å². The lowest BCUT2D eigenvalue weighted by Crippen LogP contribution is -2.32. The van der Waals surface area contributed by atoms with Crippen LogP contribution in [-0.2, 0) is 16.6 Å². The van der Waals surface area contributed by atoms with Crippen LogP contribution in [0, 0.1) is 6.92 Å². The van der Waals surface area contributed by atoms with Gasteiger partial charge >= 0.3 is 0 Å². The number of rotatable bonds is 7. The fourth-order valence-electron chi connectivity index (χ4n) is 1.79. The maximum Gasteiger partial charge on any atom is 0.244 e. The van der Waals surface area contributed by atoms with E-state index in [4.69, 9.17) is 0 Å². The lowest BCUT2D eigenvalue weighted by molar-refractivity contribution is 0.459. The quantitative estimate of drug-likeness (QED) is 0.780. The van der Waals surface area contributed by atoms with Gasteiger partial charge in [-0.15, -0.1) is 17.9 Å². The Morgan fingerprint density at radius 1 is 1.56 bits per heavy atom. The first kappa shape index (κ1) is 15.4. The number of nitrogens with one attached hydrogen (secondary N) is 1. The summed E-state index contributed by atoms with van der Waals surface area (Å²) in [5, 5.41) is 4.90. The van der Waals surface area contributed by atoms with Gasteiger partial charge in [0.15, 0.2) is 0 Å². The van der Waals surface area contributed by atoms with E-state index in [0.29, 0.717) is 24.5 Å². The zero-order valence-corrected chi connectivity index (χ0v) is 12.7. The highest BCUT2D eigenvalue weighted by Gasteiger charge is 2.27. The molecule has 0 unspecified atom stereocenters. The first-order chi connectivity index (χ1) is 8.48. The van der Waals surface area contributed by atoms with Gasteiger partial charge in [0.1, 0.15) is 4.90 Å². The number of sulfonamides is 1. The lowest BCUT2D eigenvalue weighted by atomic mass is 10.3. The van der Waals surface area contributed by atoms with Gasteiger partial charge in [-0.05, 0) is 24.9 Å². The molecule has 0 saturated heterocycles. The predicted octanol–water partition coefficient (Wildman–Crippen LogP) is 1.97. The van der Waals surface area contributed by atoms with Crippen LogP contribution >= 0.6 is 11.3 Å². The van der Waals surface area contributed by atoms with Gasteiger partial charge in [-0.3, -0.25) is 0 Å². The molecule has 1 N–H and O–H groups in total. The zero-order valence-electron chi connectivity index (χ0n) is 11.1. The van der Waals surface area contributed by atoms with Gasteiger partial charge in [0.2, 0.25) is 10.0 Å². The van der Waals surface area contributed by atoms with Crippen LogP contribution < -0.4 is 5.32 Å². The molecule has 18 heavy (non-hydrogen) atoms. The van der Waals surface area contributed by atoms with E-state index in [-0.39, 0.29) is 0 Å². The summed E-state index contributed by atoms with van der Waals surface area (Å²) in [6.45, 7) is 8.64. The molecule has 0 aliphatic heterocycles. The molecule has 0 atom stereocenters. The minimum absolute atomic E-state index is 0.340. The monoisotopic (exact) mass is 288 g/mol. The SMILES string of the molecule is C=CCN(CC)S(=O)(=O)c1c(C)csc1CNC. The molecule has 0 aliphatic carbocycles. The Kier molecular flexibility index (Phi) is 5.52. The molecule has 0 fully saturated rings. The van der Waals surface area contributed by atoms with E-state index in [1.165, 1.54) is 15.6 Å². The molecule has 0 spiro atoms. The summed E-state index contributed by atoms with van der Waals surface area (Å²) in [7, 11) is -1.61. The zero-order chi connectivity index (χ0) is 13.8. The van der Waals surface area contributed by atoms with E-state index < -0.39 is 10.0 Å². The van der Waals surface area contributed by atoms with Crippen molar-refractivity contribution in [3.8, 4) is 0 Å². The van der Waals surface area contributed by atoms with Crippen molar-refractivity contribution < 1.29 is 8.42 Å². The maximum atomic E-state index is 12.6. The van der Waals surface area contributed by atoms with Gasteiger partial charge in [0.05, 0.1) is 0 Å². The van der Waals surface area contributed by atoms with Crippen LogP contribution in [0.25, 0.3) is 0 Å². The summed E-state index contributed by atoms with van der Waals surface area (Å²) in [4.78, 5) is 1.31. The summed E-state index contributed by atoms with van der Waals surface area (Å²) in [5.41, 5.74) is 0.813. The molecule has 6 heteroatoms. The van der Waals surface area contributed by atoms with Crippen LogP contribution in [0.15, 0.2) is 22.9 Å². The fraction of sp³-hybridized carbons (Fsp3) is 0.500. The molecule has 0 bridgehead atoms. The molecule has 0 amide bonds. The standard InChI is InChI=1S/C12H20N2O2S2/c1-5-7-14(6-2)18(15,16)12-10(3)9-17-11(12)8-13-4/h5,9,13H,1,6-8H2,2-4H3. The lowest BCUT2D eigenvalue weighted by Gasteiger charge is -2.19. The Bertz CT molecular complexity index is 506. The molecule has 1 aromatic heterocycles. The highest BCUT2D eigenvalue weighted by molar-refractivity contribution is 7.89. The predicted molar refractivity (Wildman–Crippen MR) is 76.4 cm³/mol. The number of nitrogens with zero attached hydrogens (tertiary/aromatic N) is 1. The van der Waals surface area contributed by atoms with Crippen LogP contribution in [0.4, 0.5) is 0 Å². The second kappa shape index (κ2) is 6.47. The minimum Gasteiger partial charge on any atom is -0.315 e. The number of thiophene rings is 1. The number of hydrogen-bond donors (Lipinski definition) is 1. The van der Waals surface area contributed by atoms with Gasteiger partial charge in [-0.25, -0.2) is 8.42 Å². The molecule has 1 heterocycles. The Morgan fingerprint density at radius 3 is 2.72 bits per heavy atom. The van der Waals surface area contributed by atoms with Crippen molar-refractivity contribution in [2.24, 2.45) is 0 Å². The van der Waals surface area contributed by atoms with Gasteiger partial charge in [0, 0.05) is 24.5 Å². The first-order valence-electron chi connectivity index (χ1n) is 5.81. The van der Waals surface area contributed by atoms with Gasteiger partial charge in [-0.1, -0.05) is 13.0 Å². The van der Waals surface area contributed by atoms with Crippen LogP contribution in [0.3, 0.4) is 0 Å². The Morgan fingerprint density at radius 2 is 2.22 bits per heavy atom. The molecule has 0 aromatic carbocycles. The second-order valence-electron chi connectivity index (χ2n) is 3.95. The summed E-state index contributed by atoms with van der Waals surface area (Å²) in [6.07, 6.45) is 1.61. The molecule has 1 aromatic rings. The van der Waals surface area contributed by atoms with Gasteiger partial charge in [-0.2, -0.15) is 4.31 Å². The third-order valence-electron chi connectivity index (χ3n) is 2.61. The summed E-state index contributed by atoms with van der Waals surface area (Å²) < 4.78 is 26.6. The smallest absolute Gasteiger partial charge is 0.244 e. The van der Waals surface area contributed by atoms with Crippen molar-refractivity contribution >= 4 is 21.4 Å². The normalized spacial score (nSPS) is 12.0. The molecule has 0 aliphatic rings. The van der Waals surface area contributed by atoms with E-state index >= 15 is 0 Å². The van der Waals surface area contributed by atoms with E-state index in [9.17, 15) is 8.42 Å². The van der Waals surface area contributed by atoms with Crippen molar-refractivity contribution in [1.29, 1.82) is 0 Å². The van der Waals surface area contributed by atoms with E-state index in [0.717, 1.165) is 10.4 Å². The maximum absolute atomic E-state index is 12.6. The van der Waals surface area contributed by atoms with E-state index in [1.807, 2.05) is 26.3 Å². The molecule has 0 radical (unpaired) electrons. The molecule has 4 nitrogen and oxygen atoms in total. The molecule has 0 saturated carbocycles. The highest BCUT2D eigenvalue weighted by Crippen LogP contribution is 2.29. The van der Waals surface area contributed by atoms with Gasteiger partial charge in [0.25, 0.3) is 0 Å². The van der Waals surface area contributed by atoms with Crippen LogP contribution in [0.5, 0.6) is 0 Å². The fourth-order valence-corrected chi connectivity index (χ4v) is 4.98. The van der Waals surface area contributed by atoms with Crippen LogP contribution in [-0.4, -0.2) is 32.9 Å². The van der Waals surface area contributed by atoms with Crippen molar-refractivity contribution in [1.82, 2.24) is 9.62 Å². The number of likely N-dealkylation sites (N-methyl/N-ethyl adjacent to an activating group) is 1. The van der Waals surface area contributed by atoms with E-state index in [2.05, 4.69) is 11.9 Å². The minimum atomic E-state index is -3.42. The summed E-state index contributed by atoms with van der Waals surface area (Å²) in [6, 6.07) is 0. The average molecular weight is 288 g/mol. The number of aryl methyl sites for hydroxylation is 1.